The lowest BCUT2D eigenvalue weighted by Gasteiger charge is -2.16. The average molecular weight is 457 g/mol. The van der Waals surface area contributed by atoms with E-state index >= 15 is 0 Å². The lowest BCUT2D eigenvalue weighted by Crippen LogP contribution is -2.42. The number of hydrogen-bond donors (Lipinski definition) is 2. The topological polar surface area (TPSA) is 115 Å². The summed E-state index contributed by atoms with van der Waals surface area (Å²) in [5, 5.41) is 3.76. The summed E-state index contributed by atoms with van der Waals surface area (Å²) in [5.74, 6) is -0.913. The van der Waals surface area contributed by atoms with Crippen LogP contribution >= 0.6 is 0 Å². The van der Waals surface area contributed by atoms with E-state index in [1.54, 1.807) is 31.4 Å². The molecule has 1 heterocycles. The maximum Gasteiger partial charge on any atom is 0.309 e. The molecule has 0 aliphatic carbocycles. The molecule has 2 aromatic carbocycles. The van der Waals surface area contributed by atoms with Crippen LogP contribution in [0.5, 0.6) is 5.75 Å². The lowest BCUT2D eigenvalue weighted by molar-refractivity contribution is -0.139. The number of carbonyl (C=O) groups is 2. The Bertz CT molecular complexity index is 1140. The zero-order valence-electron chi connectivity index (χ0n) is 17.5. The largest absolute Gasteiger partial charge is 0.496 e. The minimum Gasteiger partial charge on any atom is -0.496 e. The van der Waals surface area contributed by atoms with Crippen molar-refractivity contribution in [3.63, 3.8) is 0 Å². The van der Waals surface area contributed by atoms with Gasteiger partial charge in [-0.1, -0.05) is 36.4 Å². The first kappa shape index (κ1) is 23.1. The molecule has 8 nitrogen and oxygen atoms in total. The molecule has 1 unspecified atom stereocenters. The third-order valence-electron chi connectivity index (χ3n) is 4.83. The second kappa shape index (κ2) is 10.6. The Kier molecular flexibility index (Phi) is 7.67. The molecule has 0 aliphatic heterocycles. The number of para-hydroxylation sites is 1. The summed E-state index contributed by atoms with van der Waals surface area (Å²) in [5.41, 5.74) is 0.891. The highest BCUT2D eigenvalue weighted by Crippen LogP contribution is 2.28. The van der Waals surface area contributed by atoms with Crippen molar-refractivity contribution in [2.75, 3.05) is 20.2 Å². The SMILES string of the molecule is COc1ccccc1CCNC(=O)C(=O)NCC(c1ccco1)S(=O)(=O)c1ccccc1. The third kappa shape index (κ3) is 5.55. The minimum atomic E-state index is -3.86. The molecule has 0 saturated heterocycles. The number of amides is 2. The molecule has 0 aliphatic rings. The van der Waals surface area contributed by atoms with Crippen LogP contribution in [0.3, 0.4) is 0 Å². The Morgan fingerprint density at radius 3 is 2.31 bits per heavy atom. The second-order valence-corrected chi connectivity index (χ2v) is 9.02. The van der Waals surface area contributed by atoms with Gasteiger partial charge in [0.15, 0.2) is 9.84 Å². The van der Waals surface area contributed by atoms with Crippen molar-refractivity contribution in [2.45, 2.75) is 16.6 Å². The van der Waals surface area contributed by atoms with E-state index in [1.807, 2.05) is 24.3 Å². The van der Waals surface area contributed by atoms with Crippen molar-refractivity contribution in [1.29, 1.82) is 0 Å². The number of carbonyl (C=O) groups excluding carboxylic acids is 2. The van der Waals surface area contributed by atoms with Gasteiger partial charge in [-0.25, -0.2) is 8.42 Å². The first-order chi connectivity index (χ1) is 15.4. The highest BCUT2D eigenvalue weighted by molar-refractivity contribution is 7.91. The fourth-order valence-electron chi connectivity index (χ4n) is 3.18. The zero-order valence-corrected chi connectivity index (χ0v) is 18.3. The number of rotatable bonds is 9. The van der Waals surface area contributed by atoms with Crippen LogP contribution in [0.25, 0.3) is 0 Å². The fourth-order valence-corrected chi connectivity index (χ4v) is 4.79. The van der Waals surface area contributed by atoms with Crippen molar-refractivity contribution in [1.82, 2.24) is 10.6 Å². The van der Waals surface area contributed by atoms with Crippen LogP contribution in [-0.2, 0) is 25.8 Å². The number of furan rings is 1. The van der Waals surface area contributed by atoms with Gasteiger partial charge < -0.3 is 19.8 Å². The summed E-state index contributed by atoms with van der Waals surface area (Å²) >= 11 is 0. The zero-order chi connectivity index (χ0) is 23.0. The van der Waals surface area contributed by atoms with Crippen molar-refractivity contribution in [2.24, 2.45) is 0 Å². The van der Waals surface area contributed by atoms with Crippen LogP contribution in [0.1, 0.15) is 16.6 Å². The Balaban J connectivity index is 1.61. The van der Waals surface area contributed by atoms with Gasteiger partial charge in [0.25, 0.3) is 0 Å². The molecule has 3 aromatic rings. The first-order valence-electron chi connectivity index (χ1n) is 9.93. The van der Waals surface area contributed by atoms with Crippen LogP contribution in [0.2, 0.25) is 0 Å². The summed E-state index contributed by atoms with van der Waals surface area (Å²) in [6.45, 7) is -0.0972. The monoisotopic (exact) mass is 456 g/mol. The van der Waals surface area contributed by atoms with Crippen molar-refractivity contribution in [3.05, 3.63) is 84.3 Å². The molecule has 32 heavy (non-hydrogen) atoms. The van der Waals surface area contributed by atoms with E-state index in [1.165, 1.54) is 24.5 Å². The van der Waals surface area contributed by atoms with Gasteiger partial charge in [-0.15, -0.1) is 0 Å². The van der Waals surface area contributed by atoms with E-state index in [0.29, 0.717) is 12.2 Å². The fraction of sp³-hybridized carbons (Fsp3) is 0.217. The van der Waals surface area contributed by atoms with Crippen LogP contribution in [-0.4, -0.2) is 40.4 Å². The van der Waals surface area contributed by atoms with E-state index in [0.717, 1.165) is 5.56 Å². The summed E-state index contributed by atoms with van der Waals surface area (Å²) in [4.78, 5) is 24.5. The van der Waals surface area contributed by atoms with E-state index in [4.69, 9.17) is 9.15 Å². The molecule has 3 rings (SSSR count). The molecule has 9 heteroatoms. The molecule has 0 radical (unpaired) electrons. The Labute approximate surface area is 186 Å². The number of sulfone groups is 1. The molecule has 0 bridgehead atoms. The standard InChI is InChI=1S/C23H24N2O6S/c1-30-19-11-6-5-8-17(19)13-14-24-22(26)23(27)25-16-21(20-12-7-15-31-20)32(28,29)18-9-3-2-4-10-18/h2-12,15,21H,13-14,16H2,1H3,(H,24,26)(H,25,27). The second-order valence-electron chi connectivity index (χ2n) is 6.89. The average Bonchev–Trinajstić information content (AvgIpc) is 3.34. The van der Waals surface area contributed by atoms with Crippen LogP contribution in [0.4, 0.5) is 0 Å². The van der Waals surface area contributed by atoms with Gasteiger partial charge in [0, 0.05) is 13.1 Å². The number of methoxy groups -OCH3 is 1. The Hall–Kier alpha value is -3.59. The molecule has 0 fully saturated rings. The number of nitrogens with one attached hydrogen (secondary N) is 2. The van der Waals surface area contributed by atoms with Crippen molar-refractivity contribution < 1.29 is 27.2 Å². The van der Waals surface area contributed by atoms with Gasteiger partial charge in [-0.3, -0.25) is 9.59 Å². The third-order valence-corrected chi connectivity index (χ3v) is 6.91. The van der Waals surface area contributed by atoms with Gasteiger partial charge >= 0.3 is 11.8 Å². The van der Waals surface area contributed by atoms with E-state index in [2.05, 4.69) is 10.6 Å². The predicted molar refractivity (Wildman–Crippen MR) is 118 cm³/mol. The lowest BCUT2D eigenvalue weighted by atomic mass is 10.1. The van der Waals surface area contributed by atoms with Gasteiger partial charge in [0.05, 0.1) is 18.3 Å². The highest BCUT2D eigenvalue weighted by atomic mass is 32.2. The molecule has 2 N–H and O–H groups in total. The summed E-state index contributed by atoms with van der Waals surface area (Å²) in [6.07, 6.45) is 1.83. The summed E-state index contributed by atoms with van der Waals surface area (Å²) < 4.78 is 36.7. The molecular formula is C23H24N2O6S. The minimum absolute atomic E-state index is 0.0944. The van der Waals surface area contributed by atoms with Gasteiger partial charge in [0.2, 0.25) is 0 Å². The van der Waals surface area contributed by atoms with Gasteiger partial charge in [-0.2, -0.15) is 0 Å². The molecule has 0 spiro atoms. The molecule has 1 atom stereocenters. The molecule has 168 valence electrons. The van der Waals surface area contributed by atoms with Crippen LogP contribution < -0.4 is 15.4 Å². The molecule has 2 amide bonds. The van der Waals surface area contributed by atoms with E-state index in [-0.39, 0.29) is 23.7 Å². The van der Waals surface area contributed by atoms with Crippen molar-refractivity contribution >= 4 is 21.7 Å². The first-order valence-corrected chi connectivity index (χ1v) is 11.5. The quantitative estimate of drug-likeness (QED) is 0.478. The van der Waals surface area contributed by atoms with E-state index < -0.39 is 26.9 Å². The van der Waals surface area contributed by atoms with Gasteiger partial charge in [0.1, 0.15) is 16.8 Å². The Morgan fingerprint density at radius 2 is 1.62 bits per heavy atom. The highest BCUT2D eigenvalue weighted by Gasteiger charge is 2.32. The summed E-state index contributed by atoms with van der Waals surface area (Å²) in [6, 6.07) is 18.3. The maximum atomic E-state index is 13.1. The Morgan fingerprint density at radius 1 is 0.938 bits per heavy atom. The van der Waals surface area contributed by atoms with E-state index in [9.17, 15) is 18.0 Å². The number of benzene rings is 2. The molecule has 0 saturated carbocycles. The van der Waals surface area contributed by atoms with Crippen LogP contribution in [0, 0.1) is 0 Å². The number of ether oxygens (including phenoxy) is 1. The van der Waals surface area contributed by atoms with Crippen molar-refractivity contribution in [3.8, 4) is 5.75 Å². The summed E-state index contributed by atoms with van der Waals surface area (Å²) in [7, 11) is -2.30. The normalized spacial score (nSPS) is 12.0. The van der Waals surface area contributed by atoms with Gasteiger partial charge in [-0.05, 0) is 42.3 Å². The van der Waals surface area contributed by atoms with Crippen LogP contribution in [0.15, 0.2) is 82.3 Å². The molecule has 1 aromatic heterocycles. The maximum absolute atomic E-state index is 13.1. The number of hydrogen-bond acceptors (Lipinski definition) is 6. The molecular weight excluding hydrogens is 432 g/mol. The predicted octanol–water partition coefficient (Wildman–Crippen LogP) is 2.28. The smallest absolute Gasteiger partial charge is 0.309 e.